The lowest BCUT2D eigenvalue weighted by molar-refractivity contribution is 0.980. The Morgan fingerprint density at radius 3 is 2.76 bits per heavy atom. The largest absolute Gasteiger partial charge is 0.283 e. The molecule has 0 amide bonds. The van der Waals surface area contributed by atoms with Gasteiger partial charge in [-0.15, -0.1) is 0 Å². The number of halogens is 1. The minimum absolute atomic E-state index is 0.143. The Hall–Kier alpha value is -1.86. The van der Waals surface area contributed by atoms with E-state index in [4.69, 9.17) is 5.26 Å². The van der Waals surface area contributed by atoms with Crippen molar-refractivity contribution in [1.29, 1.82) is 5.26 Å². The van der Waals surface area contributed by atoms with Gasteiger partial charge in [0, 0.05) is 16.4 Å². The molecule has 2 aromatic rings. The highest BCUT2D eigenvalue weighted by Crippen LogP contribution is 2.19. The lowest BCUT2D eigenvalue weighted by Crippen LogP contribution is -2.19. The van der Waals surface area contributed by atoms with Gasteiger partial charge in [-0.25, -0.2) is 0 Å². The number of rotatable bonds is 1. The number of pyridine rings is 1. The van der Waals surface area contributed by atoms with E-state index in [9.17, 15) is 4.79 Å². The summed E-state index contributed by atoms with van der Waals surface area (Å²) in [4.78, 5) is 11.9. The van der Waals surface area contributed by atoms with E-state index in [1.807, 2.05) is 31.2 Å². The van der Waals surface area contributed by atoms with Gasteiger partial charge in [-0.05, 0) is 36.8 Å². The van der Waals surface area contributed by atoms with Crippen LogP contribution in [0.1, 0.15) is 11.1 Å². The van der Waals surface area contributed by atoms with Gasteiger partial charge in [-0.1, -0.05) is 22.0 Å². The van der Waals surface area contributed by atoms with E-state index in [2.05, 4.69) is 15.9 Å². The quantitative estimate of drug-likeness (QED) is 0.810. The molecular formula is C13H9BrN2O. The van der Waals surface area contributed by atoms with Crippen molar-refractivity contribution >= 4 is 15.9 Å². The molecule has 1 aromatic carbocycles. The Kier molecular flexibility index (Phi) is 3.12. The molecule has 0 N–H and O–H groups in total. The fourth-order valence-electron chi connectivity index (χ4n) is 1.51. The van der Waals surface area contributed by atoms with Gasteiger partial charge in [0.25, 0.3) is 5.56 Å². The van der Waals surface area contributed by atoms with Crippen LogP contribution in [0.25, 0.3) is 5.69 Å². The zero-order chi connectivity index (χ0) is 12.4. The molecule has 3 nitrogen and oxygen atoms in total. The highest BCUT2D eigenvalue weighted by molar-refractivity contribution is 9.10. The Labute approximate surface area is 107 Å². The monoisotopic (exact) mass is 288 g/mol. The van der Waals surface area contributed by atoms with E-state index < -0.39 is 0 Å². The zero-order valence-corrected chi connectivity index (χ0v) is 10.7. The molecule has 1 aromatic heterocycles. The summed E-state index contributed by atoms with van der Waals surface area (Å²) >= 11 is 3.42. The lowest BCUT2D eigenvalue weighted by Gasteiger charge is -2.07. The van der Waals surface area contributed by atoms with E-state index in [0.717, 1.165) is 15.7 Å². The summed E-state index contributed by atoms with van der Waals surface area (Å²) in [6, 6.07) is 10.7. The summed E-state index contributed by atoms with van der Waals surface area (Å²) in [5.41, 5.74) is 1.68. The molecule has 0 aliphatic heterocycles. The van der Waals surface area contributed by atoms with Crippen LogP contribution in [0.4, 0.5) is 0 Å². The lowest BCUT2D eigenvalue weighted by atomic mass is 10.2. The third kappa shape index (κ3) is 2.15. The third-order valence-corrected chi connectivity index (χ3v) is 3.36. The molecule has 0 unspecified atom stereocenters. The van der Waals surface area contributed by atoms with Crippen molar-refractivity contribution < 1.29 is 0 Å². The maximum Gasteiger partial charge on any atom is 0.272 e. The number of hydrogen-bond donors (Lipinski definition) is 0. The second-order valence-corrected chi connectivity index (χ2v) is 4.50. The van der Waals surface area contributed by atoms with Crippen molar-refractivity contribution in [3.05, 3.63) is 62.5 Å². The van der Waals surface area contributed by atoms with Crippen molar-refractivity contribution in [2.45, 2.75) is 6.92 Å². The van der Waals surface area contributed by atoms with Crippen LogP contribution in [0.3, 0.4) is 0 Å². The molecule has 4 heteroatoms. The molecule has 0 saturated carbocycles. The van der Waals surface area contributed by atoms with E-state index in [1.165, 1.54) is 10.6 Å². The van der Waals surface area contributed by atoms with Gasteiger partial charge in [-0.2, -0.15) is 5.26 Å². The molecule has 0 fully saturated rings. The summed E-state index contributed by atoms with van der Waals surface area (Å²) in [6.45, 7) is 1.97. The zero-order valence-electron chi connectivity index (χ0n) is 9.14. The second-order valence-electron chi connectivity index (χ2n) is 3.64. The van der Waals surface area contributed by atoms with E-state index in [1.54, 1.807) is 12.3 Å². The molecule has 0 bridgehead atoms. The van der Waals surface area contributed by atoms with Crippen molar-refractivity contribution in [1.82, 2.24) is 4.57 Å². The summed E-state index contributed by atoms with van der Waals surface area (Å²) in [6.07, 6.45) is 1.65. The van der Waals surface area contributed by atoms with Crippen molar-refractivity contribution in [3.63, 3.8) is 0 Å². The molecule has 0 saturated heterocycles. The minimum Gasteiger partial charge on any atom is -0.283 e. The predicted molar refractivity (Wildman–Crippen MR) is 69.2 cm³/mol. The van der Waals surface area contributed by atoms with Gasteiger partial charge in [0.15, 0.2) is 0 Å². The highest BCUT2D eigenvalue weighted by atomic mass is 79.9. The smallest absolute Gasteiger partial charge is 0.272 e. The van der Waals surface area contributed by atoms with Gasteiger partial charge < -0.3 is 0 Å². The van der Waals surface area contributed by atoms with Gasteiger partial charge in [0.05, 0.1) is 0 Å². The molecule has 0 aliphatic rings. The fourth-order valence-corrected chi connectivity index (χ4v) is 1.88. The van der Waals surface area contributed by atoms with Crippen LogP contribution in [0, 0.1) is 18.3 Å². The van der Waals surface area contributed by atoms with Crippen molar-refractivity contribution in [2.24, 2.45) is 0 Å². The minimum atomic E-state index is -0.300. The van der Waals surface area contributed by atoms with E-state index in [0.29, 0.717) is 0 Å². The Balaban J connectivity index is 2.66. The topological polar surface area (TPSA) is 45.8 Å². The van der Waals surface area contributed by atoms with Gasteiger partial charge in [0.1, 0.15) is 11.6 Å². The van der Waals surface area contributed by atoms with Crippen LogP contribution < -0.4 is 5.56 Å². The molecule has 0 spiro atoms. The van der Waals surface area contributed by atoms with Gasteiger partial charge in [-0.3, -0.25) is 9.36 Å². The van der Waals surface area contributed by atoms with Gasteiger partial charge >= 0.3 is 0 Å². The maximum absolute atomic E-state index is 11.9. The first-order chi connectivity index (χ1) is 8.13. The molecule has 84 valence electrons. The van der Waals surface area contributed by atoms with Crippen LogP contribution >= 0.6 is 15.9 Å². The van der Waals surface area contributed by atoms with Crippen LogP contribution in [0.5, 0.6) is 0 Å². The average molecular weight is 289 g/mol. The fraction of sp³-hybridized carbons (Fsp3) is 0.0769. The van der Waals surface area contributed by atoms with E-state index in [-0.39, 0.29) is 11.1 Å². The first-order valence-corrected chi connectivity index (χ1v) is 5.81. The summed E-state index contributed by atoms with van der Waals surface area (Å²) in [7, 11) is 0. The predicted octanol–water partition coefficient (Wildman–Crippen LogP) is 2.78. The Bertz CT molecular complexity index is 668. The molecule has 0 radical (unpaired) electrons. The molecule has 2 rings (SSSR count). The molecule has 17 heavy (non-hydrogen) atoms. The molecule has 0 atom stereocenters. The standard InChI is InChI=1S/C13H9BrN2O/c1-9-4-5-11(7-12(9)14)16-6-2-3-10(8-15)13(16)17/h2-7H,1H3. The van der Waals surface area contributed by atoms with Crippen LogP contribution in [0.2, 0.25) is 0 Å². The number of nitrogens with zero attached hydrogens (tertiary/aromatic N) is 2. The maximum atomic E-state index is 11.9. The number of hydrogen-bond acceptors (Lipinski definition) is 2. The number of aryl methyl sites for hydroxylation is 1. The summed E-state index contributed by atoms with van der Waals surface area (Å²) in [5.74, 6) is 0. The molecular weight excluding hydrogens is 280 g/mol. The Morgan fingerprint density at radius 2 is 2.12 bits per heavy atom. The number of benzene rings is 1. The van der Waals surface area contributed by atoms with Crippen LogP contribution in [0.15, 0.2) is 45.8 Å². The Morgan fingerprint density at radius 1 is 1.35 bits per heavy atom. The number of aromatic nitrogens is 1. The van der Waals surface area contributed by atoms with Crippen molar-refractivity contribution in [2.75, 3.05) is 0 Å². The normalized spacial score (nSPS) is 9.94. The third-order valence-electron chi connectivity index (χ3n) is 2.50. The first-order valence-electron chi connectivity index (χ1n) is 5.02. The van der Waals surface area contributed by atoms with Gasteiger partial charge in [0.2, 0.25) is 0 Å². The average Bonchev–Trinajstić information content (AvgIpc) is 2.33. The number of nitriles is 1. The molecule has 0 aliphatic carbocycles. The van der Waals surface area contributed by atoms with Crippen molar-refractivity contribution in [3.8, 4) is 11.8 Å². The second kappa shape index (κ2) is 4.56. The SMILES string of the molecule is Cc1ccc(-n2cccc(C#N)c2=O)cc1Br. The van der Waals surface area contributed by atoms with Crippen LogP contribution in [-0.4, -0.2) is 4.57 Å². The highest BCUT2D eigenvalue weighted by Gasteiger charge is 2.05. The summed E-state index contributed by atoms with van der Waals surface area (Å²) < 4.78 is 2.40. The molecule has 1 heterocycles. The van der Waals surface area contributed by atoms with Crippen LogP contribution in [-0.2, 0) is 0 Å². The van der Waals surface area contributed by atoms with E-state index >= 15 is 0 Å². The first kappa shape index (κ1) is 11.6. The summed E-state index contributed by atoms with van der Waals surface area (Å²) in [5, 5.41) is 8.82.